The molecule has 0 saturated carbocycles. The van der Waals surface area contributed by atoms with Gasteiger partial charge in [0.05, 0.1) is 4.90 Å². The minimum absolute atomic E-state index is 0.390. The molecule has 1 rings (SSSR count). The van der Waals surface area contributed by atoms with Crippen molar-refractivity contribution in [3.8, 4) is 0 Å². The van der Waals surface area contributed by atoms with Crippen LogP contribution in [-0.4, -0.2) is 9.68 Å². The van der Waals surface area contributed by atoms with E-state index in [1.165, 1.54) is 0 Å². The third-order valence-corrected chi connectivity index (χ3v) is 7.51. The monoisotopic (exact) mass is 534 g/mol. The first-order chi connectivity index (χ1) is 5.94. The van der Waals surface area contributed by atoms with Gasteiger partial charge in [0, 0.05) is 3.57 Å². The van der Waals surface area contributed by atoms with Gasteiger partial charge >= 0.3 is 0 Å². The highest BCUT2D eigenvalue weighted by atomic mass is 127. The van der Waals surface area contributed by atoms with Crippen molar-refractivity contribution >= 4 is 77.6 Å². The lowest BCUT2D eigenvalue weighted by atomic mass is 10.4. The molecule has 0 fully saturated rings. The van der Waals surface area contributed by atoms with Crippen LogP contribution in [0.2, 0.25) is 0 Å². The Labute approximate surface area is 118 Å². The van der Waals surface area contributed by atoms with Crippen LogP contribution in [0.25, 0.3) is 0 Å². The Morgan fingerprint density at radius 1 is 1.08 bits per heavy atom. The average molecular weight is 534 g/mol. The van der Waals surface area contributed by atoms with Crippen LogP contribution in [0.5, 0.6) is 0 Å². The summed E-state index contributed by atoms with van der Waals surface area (Å²) in [5.41, 5.74) is 0. The quantitative estimate of drug-likeness (QED) is 0.432. The molecule has 0 aliphatic rings. The lowest BCUT2D eigenvalue weighted by Crippen LogP contribution is -2.07. The van der Waals surface area contributed by atoms with Crippen molar-refractivity contribution < 1.29 is 8.42 Å². The number of alkyl halides is 2. The molecule has 0 aliphatic carbocycles. The highest BCUT2D eigenvalue weighted by molar-refractivity contribution is 14.2. The van der Waals surface area contributed by atoms with Crippen LogP contribution in [0.3, 0.4) is 0 Å². The summed E-state index contributed by atoms with van der Waals surface area (Å²) < 4.78 is 23.9. The van der Waals surface area contributed by atoms with Gasteiger partial charge in [-0.25, -0.2) is 8.42 Å². The van der Waals surface area contributed by atoms with E-state index >= 15 is 0 Å². The van der Waals surface area contributed by atoms with Crippen LogP contribution in [0.4, 0.5) is 0 Å². The molecule has 0 N–H and O–H groups in total. The van der Waals surface area contributed by atoms with Crippen molar-refractivity contribution in [3.63, 3.8) is 0 Å². The first kappa shape index (κ1) is 12.4. The minimum atomic E-state index is -3.12. The van der Waals surface area contributed by atoms with E-state index in [0.29, 0.717) is 4.90 Å². The molecule has 0 radical (unpaired) electrons. The standard InChI is InChI=1S/C7H5I3O2S/c8-5-1-3-6(4-2-5)13(11,12)7(9)10/h1-4,7H. The van der Waals surface area contributed by atoms with Crippen LogP contribution >= 0.6 is 67.8 Å². The lowest BCUT2D eigenvalue weighted by molar-refractivity contribution is 0.600. The van der Waals surface area contributed by atoms with Gasteiger partial charge in [0.2, 0.25) is 0 Å². The molecule has 0 unspecified atom stereocenters. The Hall–Kier alpha value is 1.36. The number of halogens is 3. The largest absolute Gasteiger partial charge is 0.222 e. The second-order valence-corrected chi connectivity index (χ2v) is 12.1. The van der Waals surface area contributed by atoms with Gasteiger partial charge in [0.25, 0.3) is 0 Å². The predicted octanol–water partition coefficient (Wildman–Crippen LogP) is 3.22. The average Bonchev–Trinajstić information content (AvgIpc) is 2.04. The fourth-order valence-electron chi connectivity index (χ4n) is 0.727. The summed E-state index contributed by atoms with van der Waals surface area (Å²) in [5.74, 6) is 0. The number of benzene rings is 1. The maximum atomic E-state index is 11.6. The maximum Gasteiger partial charge on any atom is 0.199 e. The topological polar surface area (TPSA) is 34.1 Å². The summed E-state index contributed by atoms with van der Waals surface area (Å²) in [5, 5.41) is 0. The van der Waals surface area contributed by atoms with Crippen molar-refractivity contribution in [2.45, 2.75) is 6.16 Å². The SMILES string of the molecule is O=S(=O)(c1ccc(I)cc1)C(I)I. The second kappa shape index (κ2) is 4.92. The van der Waals surface area contributed by atoms with Gasteiger partial charge < -0.3 is 0 Å². The summed E-state index contributed by atoms with van der Waals surface area (Å²) in [7, 11) is -3.12. The van der Waals surface area contributed by atoms with Crippen molar-refractivity contribution in [2.75, 3.05) is 0 Å². The van der Waals surface area contributed by atoms with Crippen molar-refractivity contribution in [1.29, 1.82) is 0 Å². The predicted molar refractivity (Wildman–Crippen MR) is 78.2 cm³/mol. The molecule has 0 aromatic heterocycles. The Balaban J connectivity index is 3.17. The molecular weight excluding hydrogens is 529 g/mol. The smallest absolute Gasteiger partial charge is 0.199 e. The summed E-state index contributed by atoms with van der Waals surface area (Å²) >= 11 is 5.93. The molecule has 6 heteroatoms. The first-order valence-electron chi connectivity index (χ1n) is 3.22. The fourth-order valence-corrected chi connectivity index (χ4v) is 3.57. The third kappa shape index (κ3) is 3.16. The summed E-state index contributed by atoms with van der Waals surface area (Å²) in [6.07, 6.45) is 0. The minimum Gasteiger partial charge on any atom is -0.222 e. The van der Waals surface area contributed by atoms with Crippen LogP contribution < -0.4 is 0 Å². The summed E-state index contributed by atoms with van der Waals surface area (Å²) in [4.78, 5) is 0.390. The number of sulfone groups is 1. The van der Waals surface area contributed by atoms with Crippen LogP contribution in [0, 0.1) is 3.57 Å². The van der Waals surface area contributed by atoms with E-state index in [1.54, 1.807) is 24.3 Å². The zero-order valence-electron chi connectivity index (χ0n) is 6.25. The van der Waals surface area contributed by atoms with Crippen LogP contribution in [-0.2, 0) is 9.84 Å². The number of rotatable bonds is 2. The third-order valence-electron chi connectivity index (χ3n) is 1.38. The molecule has 72 valence electrons. The normalized spacial score (nSPS) is 12.0. The Morgan fingerprint density at radius 2 is 1.54 bits per heavy atom. The van der Waals surface area contributed by atoms with Crippen LogP contribution in [0.15, 0.2) is 29.2 Å². The molecule has 0 atom stereocenters. The van der Waals surface area contributed by atoms with Gasteiger partial charge in [0.1, 0.15) is 0 Å². The van der Waals surface area contributed by atoms with Gasteiger partial charge in [-0.2, -0.15) is 0 Å². The van der Waals surface area contributed by atoms with E-state index in [-0.39, 0.29) is 0 Å². The molecule has 0 heterocycles. The van der Waals surface area contributed by atoms with Gasteiger partial charge in [0.15, 0.2) is 11.1 Å². The maximum absolute atomic E-state index is 11.6. The molecule has 0 bridgehead atoms. The van der Waals surface area contributed by atoms with Gasteiger partial charge in [-0.1, -0.05) is 45.2 Å². The zero-order chi connectivity index (χ0) is 10.1. The number of hydrogen-bond donors (Lipinski definition) is 0. The summed E-state index contributed by atoms with van der Waals surface area (Å²) in [6, 6.07) is 6.87. The Morgan fingerprint density at radius 3 is 1.92 bits per heavy atom. The van der Waals surface area contributed by atoms with E-state index < -0.39 is 11.1 Å². The van der Waals surface area contributed by atoms with E-state index in [1.807, 2.05) is 45.2 Å². The lowest BCUT2D eigenvalue weighted by Gasteiger charge is -2.04. The van der Waals surface area contributed by atoms with Crippen molar-refractivity contribution in [1.82, 2.24) is 0 Å². The molecular formula is C7H5I3O2S. The number of hydrogen-bond acceptors (Lipinski definition) is 2. The van der Waals surface area contributed by atoms with E-state index in [2.05, 4.69) is 22.6 Å². The molecule has 1 aromatic carbocycles. The molecule has 13 heavy (non-hydrogen) atoms. The highest BCUT2D eigenvalue weighted by Gasteiger charge is 2.21. The van der Waals surface area contributed by atoms with Gasteiger partial charge in [-0.05, 0) is 46.9 Å². The van der Waals surface area contributed by atoms with Crippen LogP contribution in [0.1, 0.15) is 0 Å². The molecule has 0 aliphatic heterocycles. The first-order valence-corrected chi connectivity index (χ1v) is 8.34. The Kier molecular flexibility index (Phi) is 4.71. The van der Waals surface area contributed by atoms with Gasteiger partial charge in [-0.15, -0.1) is 0 Å². The zero-order valence-corrected chi connectivity index (χ0v) is 13.5. The molecule has 0 spiro atoms. The van der Waals surface area contributed by atoms with Crippen molar-refractivity contribution in [2.24, 2.45) is 0 Å². The fraction of sp³-hybridized carbons (Fsp3) is 0.143. The molecule has 0 amide bonds. The van der Waals surface area contributed by atoms with E-state index in [9.17, 15) is 8.42 Å². The van der Waals surface area contributed by atoms with Gasteiger partial charge in [-0.3, -0.25) is 0 Å². The molecule has 2 nitrogen and oxygen atoms in total. The highest BCUT2D eigenvalue weighted by Crippen LogP contribution is 2.25. The van der Waals surface area contributed by atoms with E-state index in [4.69, 9.17) is 0 Å². The summed E-state index contributed by atoms with van der Waals surface area (Å²) in [6.45, 7) is 0. The molecule has 0 saturated heterocycles. The second-order valence-electron chi connectivity index (χ2n) is 2.26. The Bertz CT molecular complexity index is 383. The van der Waals surface area contributed by atoms with Crippen molar-refractivity contribution in [3.05, 3.63) is 27.8 Å². The van der Waals surface area contributed by atoms with E-state index in [0.717, 1.165) is 3.57 Å². The molecule has 1 aromatic rings.